The molecule has 98 valence electrons. The van der Waals surface area contributed by atoms with Crippen molar-refractivity contribution in [2.45, 2.75) is 19.4 Å². The Morgan fingerprint density at radius 3 is 2.89 bits per heavy atom. The fraction of sp³-hybridized carbons (Fsp3) is 0.462. The zero-order valence-electron chi connectivity index (χ0n) is 10.2. The van der Waals surface area contributed by atoms with Crippen molar-refractivity contribution in [3.63, 3.8) is 0 Å². The van der Waals surface area contributed by atoms with Gasteiger partial charge in [-0.2, -0.15) is 0 Å². The lowest BCUT2D eigenvalue weighted by atomic mass is 10.0. The van der Waals surface area contributed by atoms with Gasteiger partial charge in [-0.05, 0) is 47.0 Å². The molecule has 2 rings (SSSR count). The van der Waals surface area contributed by atoms with Gasteiger partial charge in [0.1, 0.15) is 5.82 Å². The zero-order valence-corrected chi connectivity index (χ0v) is 11.8. The van der Waals surface area contributed by atoms with Crippen LogP contribution in [0, 0.1) is 11.7 Å². The maximum absolute atomic E-state index is 13.1. The van der Waals surface area contributed by atoms with Crippen molar-refractivity contribution < 1.29 is 9.18 Å². The van der Waals surface area contributed by atoms with E-state index in [1.165, 1.54) is 6.07 Å². The second kappa shape index (κ2) is 5.80. The van der Waals surface area contributed by atoms with Gasteiger partial charge in [-0.3, -0.25) is 4.79 Å². The van der Waals surface area contributed by atoms with E-state index in [-0.39, 0.29) is 23.7 Å². The van der Waals surface area contributed by atoms with E-state index in [0.29, 0.717) is 10.9 Å². The summed E-state index contributed by atoms with van der Waals surface area (Å²) in [6.07, 6.45) is 0.699. The van der Waals surface area contributed by atoms with Crippen molar-refractivity contribution in [3.05, 3.63) is 34.1 Å². The van der Waals surface area contributed by atoms with Gasteiger partial charge in [0.15, 0.2) is 0 Å². The van der Waals surface area contributed by atoms with Crippen LogP contribution in [0.5, 0.6) is 0 Å². The summed E-state index contributed by atoms with van der Waals surface area (Å²) < 4.78 is 13.5. The highest BCUT2D eigenvalue weighted by atomic mass is 79.9. The summed E-state index contributed by atoms with van der Waals surface area (Å²) in [4.78, 5) is 11.7. The van der Waals surface area contributed by atoms with Gasteiger partial charge in [-0.25, -0.2) is 4.39 Å². The van der Waals surface area contributed by atoms with Crippen molar-refractivity contribution in [1.29, 1.82) is 0 Å². The Bertz CT molecular complexity index is 449. The molecule has 1 atom stereocenters. The Labute approximate surface area is 114 Å². The molecule has 3 nitrogen and oxygen atoms in total. The molecular formula is C13H16BrFN2O. The van der Waals surface area contributed by atoms with Crippen molar-refractivity contribution in [1.82, 2.24) is 10.6 Å². The Balaban J connectivity index is 1.87. The number of halogens is 2. The summed E-state index contributed by atoms with van der Waals surface area (Å²) in [5, 5.41) is 6.05. The Hall–Kier alpha value is -0.940. The third-order valence-corrected chi connectivity index (χ3v) is 3.67. The van der Waals surface area contributed by atoms with Crippen molar-refractivity contribution in [2.75, 3.05) is 13.1 Å². The van der Waals surface area contributed by atoms with E-state index in [4.69, 9.17) is 0 Å². The molecule has 1 unspecified atom stereocenters. The summed E-state index contributed by atoms with van der Waals surface area (Å²) in [7, 11) is 0. The second-order valence-corrected chi connectivity index (χ2v) is 5.57. The number of benzene rings is 1. The average molecular weight is 315 g/mol. The van der Waals surface area contributed by atoms with Crippen LogP contribution in [-0.4, -0.2) is 25.0 Å². The highest BCUT2D eigenvalue weighted by molar-refractivity contribution is 9.10. The molecule has 0 bridgehead atoms. The molecule has 1 amide bonds. The fourth-order valence-electron chi connectivity index (χ4n) is 1.91. The van der Waals surface area contributed by atoms with E-state index >= 15 is 0 Å². The van der Waals surface area contributed by atoms with E-state index in [0.717, 1.165) is 18.7 Å². The van der Waals surface area contributed by atoms with Crippen molar-refractivity contribution >= 4 is 21.8 Å². The van der Waals surface area contributed by atoms with Crippen LogP contribution in [0.25, 0.3) is 0 Å². The standard InChI is InChI=1S/C13H16BrFN2O/c1-8(17-13(18)10-6-16-7-10)4-9-2-3-12(15)11(14)5-9/h2-3,5,8,10,16H,4,6-7H2,1H3,(H,17,18). The highest BCUT2D eigenvalue weighted by Crippen LogP contribution is 2.17. The first-order valence-corrected chi connectivity index (χ1v) is 6.80. The molecule has 1 aromatic rings. The van der Waals surface area contributed by atoms with Crippen LogP contribution in [0.15, 0.2) is 22.7 Å². The normalized spacial score (nSPS) is 17.1. The van der Waals surface area contributed by atoms with E-state index in [2.05, 4.69) is 26.6 Å². The zero-order chi connectivity index (χ0) is 13.1. The van der Waals surface area contributed by atoms with Crippen molar-refractivity contribution in [2.24, 2.45) is 5.92 Å². The predicted molar refractivity (Wildman–Crippen MR) is 71.8 cm³/mol. The molecule has 0 aliphatic carbocycles. The van der Waals surface area contributed by atoms with Crippen LogP contribution in [0.2, 0.25) is 0 Å². The Morgan fingerprint density at radius 1 is 1.61 bits per heavy atom. The lowest BCUT2D eigenvalue weighted by molar-refractivity contribution is -0.127. The number of hydrogen-bond donors (Lipinski definition) is 2. The molecule has 1 aromatic carbocycles. The lowest BCUT2D eigenvalue weighted by Crippen LogP contribution is -2.52. The largest absolute Gasteiger partial charge is 0.353 e. The van der Waals surface area contributed by atoms with Crippen LogP contribution < -0.4 is 10.6 Å². The summed E-state index contributed by atoms with van der Waals surface area (Å²) >= 11 is 3.16. The van der Waals surface area contributed by atoms with Gasteiger partial charge in [0, 0.05) is 19.1 Å². The van der Waals surface area contributed by atoms with Gasteiger partial charge in [0.05, 0.1) is 10.4 Å². The van der Waals surface area contributed by atoms with Crippen LogP contribution >= 0.6 is 15.9 Å². The van der Waals surface area contributed by atoms with E-state index in [1.54, 1.807) is 12.1 Å². The second-order valence-electron chi connectivity index (χ2n) is 4.72. The Morgan fingerprint density at radius 2 is 2.33 bits per heavy atom. The number of hydrogen-bond acceptors (Lipinski definition) is 2. The van der Waals surface area contributed by atoms with Gasteiger partial charge in [-0.15, -0.1) is 0 Å². The molecule has 0 spiro atoms. The van der Waals surface area contributed by atoms with E-state index in [9.17, 15) is 9.18 Å². The molecule has 0 saturated carbocycles. The maximum Gasteiger partial charge on any atom is 0.225 e. The molecule has 1 saturated heterocycles. The third-order valence-electron chi connectivity index (χ3n) is 3.07. The molecule has 1 fully saturated rings. The van der Waals surface area contributed by atoms with Crippen molar-refractivity contribution in [3.8, 4) is 0 Å². The molecule has 1 aliphatic rings. The molecule has 5 heteroatoms. The summed E-state index contributed by atoms with van der Waals surface area (Å²) in [5.74, 6) is -0.0641. The van der Waals surface area contributed by atoms with Crippen LogP contribution in [0.4, 0.5) is 4.39 Å². The molecule has 1 aliphatic heterocycles. The van der Waals surface area contributed by atoms with Crippen LogP contribution in [0.3, 0.4) is 0 Å². The molecule has 0 aromatic heterocycles. The number of carbonyl (C=O) groups is 1. The number of nitrogens with one attached hydrogen (secondary N) is 2. The van der Waals surface area contributed by atoms with Gasteiger partial charge in [0.2, 0.25) is 5.91 Å². The van der Waals surface area contributed by atoms with Gasteiger partial charge >= 0.3 is 0 Å². The fourth-order valence-corrected chi connectivity index (χ4v) is 2.33. The highest BCUT2D eigenvalue weighted by Gasteiger charge is 2.25. The first kappa shape index (κ1) is 13.5. The summed E-state index contributed by atoms with van der Waals surface area (Å²) in [6, 6.07) is 4.98. The predicted octanol–water partition coefficient (Wildman–Crippen LogP) is 1.85. The average Bonchev–Trinajstić information content (AvgIpc) is 2.20. The van der Waals surface area contributed by atoms with E-state index in [1.807, 2.05) is 6.92 Å². The van der Waals surface area contributed by atoms with Gasteiger partial charge in [-0.1, -0.05) is 6.07 Å². The minimum absolute atomic E-state index is 0.0514. The minimum atomic E-state index is -0.268. The molecule has 18 heavy (non-hydrogen) atoms. The van der Waals surface area contributed by atoms with E-state index < -0.39 is 0 Å². The summed E-state index contributed by atoms with van der Waals surface area (Å²) in [6.45, 7) is 3.49. The minimum Gasteiger partial charge on any atom is -0.353 e. The first-order valence-electron chi connectivity index (χ1n) is 6.01. The maximum atomic E-state index is 13.1. The lowest BCUT2D eigenvalue weighted by Gasteiger charge is -2.27. The van der Waals surface area contributed by atoms with Gasteiger partial charge < -0.3 is 10.6 Å². The quantitative estimate of drug-likeness (QED) is 0.890. The van der Waals surface area contributed by atoms with Crippen LogP contribution in [0.1, 0.15) is 12.5 Å². The smallest absolute Gasteiger partial charge is 0.225 e. The van der Waals surface area contributed by atoms with Crippen LogP contribution in [-0.2, 0) is 11.2 Å². The first-order chi connectivity index (χ1) is 8.56. The Kier molecular flexibility index (Phi) is 4.35. The number of carbonyl (C=O) groups excluding carboxylic acids is 1. The SMILES string of the molecule is CC(Cc1ccc(F)c(Br)c1)NC(=O)C1CNC1. The molecule has 0 radical (unpaired) electrons. The topological polar surface area (TPSA) is 41.1 Å². The number of amides is 1. The molecular weight excluding hydrogens is 299 g/mol. The molecule has 2 N–H and O–H groups in total. The monoisotopic (exact) mass is 314 g/mol. The number of rotatable bonds is 4. The third kappa shape index (κ3) is 3.29. The summed E-state index contributed by atoms with van der Waals surface area (Å²) in [5.41, 5.74) is 1.00. The molecule has 1 heterocycles. The van der Waals surface area contributed by atoms with Gasteiger partial charge in [0.25, 0.3) is 0 Å².